The topological polar surface area (TPSA) is 167 Å². The molecule has 194 valence electrons. The number of carbonyl (C=O) groups is 2. The summed E-state index contributed by atoms with van der Waals surface area (Å²) in [5.41, 5.74) is 10.6. The fourth-order valence-electron chi connectivity index (χ4n) is 4.91. The van der Waals surface area contributed by atoms with E-state index in [0.717, 1.165) is 31.4 Å². The standard InChI is InChI=1S/C24H29N9O4/c1-14-5-3-4-8-32(14)13-19-21(27-31-33(19)23-22(25)29-37-30-23)24(35)28-26-12-15-9-16-11-17(36-2)6-7-18(16)20(34)10-15/h6-7,11-12,14-15H,3-5,8-10,13H2,1-2H3,(H2,25,29)(H,28,35)/b26-12+/t14-,15-/m0/s1. The van der Waals surface area contributed by atoms with Gasteiger partial charge in [-0.2, -0.15) is 9.78 Å². The van der Waals surface area contributed by atoms with E-state index in [1.807, 2.05) is 6.07 Å². The Morgan fingerprint density at radius 1 is 1.32 bits per heavy atom. The van der Waals surface area contributed by atoms with Gasteiger partial charge in [-0.1, -0.05) is 11.6 Å². The molecule has 3 N–H and O–H groups in total. The number of hydrogen-bond donors (Lipinski definition) is 2. The number of Topliss-reactive ketones (excluding diaryl/α,β-unsaturated/α-hetero) is 1. The Hall–Kier alpha value is -4.13. The molecule has 0 radical (unpaired) electrons. The number of nitrogens with one attached hydrogen (secondary N) is 1. The molecule has 37 heavy (non-hydrogen) atoms. The number of methoxy groups -OCH3 is 1. The predicted molar refractivity (Wildman–Crippen MR) is 132 cm³/mol. The van der Waals surface area contributed by atoms with E-state index >= 15 is 0 Å². The highest BCUT2D eigenvalue weighted by atomic mass is 16.6. The molecule has 3 heterocycles. The summed E-state index contributed by atoms with van der Waals surface area (Å²) in [6.45, 7) is 3.46. The summed E-state index contributed by atoms with van der Waals surface area (Å²) in [7, 11) is 1.59. The zero-order valence-electron chi connectivity index (χ0n) is 20.8. The SMILES string of the molecule is COc1ccc2c(c1)C[C@H](/C=N/NC(=O)c1nnn(-c3nonc3N)c1CN1CCCC[C@@H]1C)CC2=O. The van der Waals surface area contributed by atoms with Gasteiger partial charge in [-0.15, -0.1) is 5.10 Å². The molecule has 2 aliphatic rings. The molecule has 13 nitrogen and oxygen atoms in total. The molecule has 1 aliphatic carbocycles. The summed E-state index contributed by atoms with van der Waals surface area (Å²) in [6.07, 6.45) is 5.82. The lowest BCUT2D eigenvalue weighted by molar-refractivity contribution is 0.0944. The number of ketones is 1. The Bertz CT molecular complexity index is 1330. The normalized spacial score (nSPS) is 20.2. The van der Waals surface area contributed by atoms with Crippen LogP contribution in [0.1, 0.15) is 64.7 Å². The quantitative estimate of drug-likeness (QED) is 0.355. The second-order valence-corrected chi connectivity index (χ2v) is 9.42. The molecule has 1 amide bonds. The molecule has 5 rings (SSSR count). The molecular weight excluding hydrogens is 478 g/mol. The predicted octanol–water partition coefficient (Wildman–Crippen LogP) is 1.78. The van der Waals surface area contributed by atoms with Gasteiger partial charge in [0, 0.05) is 36.7 Å². The number of benzene rings is 1. The van der Waals surface area contributed by atoms with Gasteiger partial charge in [0.1, 0.15) is 5.75 Å². The number of nitrogens with zero attached hydrogens (tertiary/aromatic N) is 7. The third-order valence-electron chi connectivity index (χ3n) is 6.96. The van der Waals surface area contributed by atoms with Gasteiger partial charge in [-0.25, -0.2) is 10.1 Å². The van der Waals surface area contributed by atoms with E-state index in [1.165, 1.54) is 4.68 Å². The number of hydrazone groups is 1. The molecule has 13 heteroatoms. The van der Waals surface area contributed by atoms with Gasteiger partial charge in [-0.3, -0.25) is 14.5 Å². The number of piperidine rings is 1. The van der Waals surface area contributed by atoms with Crippen molar-refractivity contribution in [1.29, 1.82) is 0 Å². The van der Waals surface area contributed by atoms with E-state index in [9.17, 15) is 9.59 Å². The highest BCUT2D eigenvalue weighted by Gasteiger charge is 2.28. The minimum absolute atomic E-state index is 0.0337. The summed E-state index contributed by atoms with van der Waals surface area (Å²) in [4.78, 5) is 27.9. The number of fused-ring (bicyclic) bond motifs is 1. The number of ether oxygens (including phenoxy) is 1. The fraction of sp³-hybridized carbons (Fsp3) is 0.458. The first-order chi connectivity index (χ1) is 17.9. The van der Waals surface area contributed by atoms with E-state index in [0.29, 0.717) is 42.4 Å². The molecule has 3 aromatic rings. The number of anilines is 1. The lowest BCUT2D eigenvalue weighted by atomic mass is 9.83. The zero-order valence-corrected chi connectivity index (χ0v) is 20.8. The Balaban J connectivity index is 1.33. The molecule has 1 fully saturated rings. The summed E-state index contributed by atoms with van der Waals surface area (Å²) in [5.74, 6) is 0.260. The summed E-state index contributed by atoms with van der Waals surface area (Å²) < 4.78 is 11.4. The number of hydrogen-bond acceptors (Lipinski definition) is 11. The Labute approximate surface area is 213 Å². The van der Waals surface area contributed by atoms with Crippen molar-refractivity contribution in [2.24, 2.45) is 11.0 Å². The van der Waals surface area contributed by atoms with Crippen LogP contribution in [0.5, 0.6) is 5.75 Å². The van der Waals surface area contributed by atoms with Gasteiger partial charge in [-0.05, 0) is 66.8 Å². The van der Waals surface area contributed by atoms with Gasteiger partial charge in [0.25, 0.3) is 5.91 Å². The maximum atomic E-state index is 13.1. The smallest absolute Gasteiger partial charge is 0.293 e. The molecule has 1 aliphatic heterocycles. The van der Waals surface area contributed by atoms with Gasteiger partial charge in [0.05, 0.1) is 12.8 Å². The summed E-state index contributed by atoms with van der Waals surface area (Å²) in [6, 6.07) is 5.77. The largest absolute Gasteiger partial charge is 0.497 e. The molecule has 2 atom stereocenters. The third kappa shape index (κ3) is 5.07. The van der Waals surface area contributed by atoms with Crippen LogP contribution in [0.15, 0.2) is 27.9 Å². The highest BCUT2D eigenvalue weighted by Crippen LogP contribution is 2.28. The fourth-order valence-corrected chi connectivity index (χ4v) is 4.91. The molecule has 1 saturated heterocycles. The molecular formula is C24H29N9O4. The van der Waals surface area contributed by atoms with E-state index in [1.54, 1.807) is 25.5 Å². The first-order valence-corrected chi connectivity index (χ1v) is 12.2. The number of rotatable bonds is 7. The van der Waals surface area contributed by atoms with Crippen molar-refractivity contribution in [3.63, 3.8) is 0 Å². The van der Waals surface area contributed by atoms with Crippen molar-refractivity contribution in [3.05, 3.63) is 40.7 Å². The average molecular weight is 508 g/mol. The van der Waals surface area contributed by atoms with Crippen molar-refractivity contribution in [2.45, 2.75) is 51.6 Å². The Kier molecular flexibility index (Phi) is 6.95. The van der Waals surface area contributed by atoms with Crippen LogP contribution < -0.4 is 15.9 Å². The van der Waals surface area contributed by atoms with Crippen molar-refractivity contribution < 1.29 is 19.0 Å². The van der Waals surface area contributed by atoms with Crippen molar-refractivity contribution >= 4 is 23.7 Å². The van der Waals surface area contributed by atoms with Crippen molar-refractivity contribution in [1.82, 2.24) is 35.6 Å². The molecule has 1 aromatic carbocycles. The number of nitrogens with two attached hydrogens (primary N) is 1. The molecule has 0 spiro atoms. The Morgan fingerprint density at radius 2 is 2.19 bits per heavy atom. The van der Waals surface area contributed by atoms with E-state index in [-0.39, 0.29) is 29.0 Å². The highest BCUT2D eigenvalue weighted by molar-refractivity contribution is 6.00. The number of nitrogen functional groups attached to an aromatic ring is 1. The summed E-state index contributed by atoms with van der Waals surface area (Å²) >= 11 is 0. The van der Waals surface area contributed by atoms with Gasteiger partial charge in [0.15, 0.2) is 11.5 Å². The maximum absolute atomic E-state index is 13.1. The van der Waals surface area contributed by atoms with E-state index in [2.05, 4.69) is 43.0 Å². The third-order valence-corrected chi connectivity index (χ3v) is 6.96. The number of amides is 1. The first kappa shape index (κ1) is 24.6. The van der Waals surface area contributed by atoms with E-state index in [4.69, 9.17) is 15.1 Å². The van der Waals surface area contributed by atoms with Crippen LogP contribution in [0.2, 0.25) is 0 Å². The van der Waals surface area contributed by atoms with Crippen molar-refractivity contribution in [3.8, 4) is 11.6 Å². The average Bonchev–Trinajstić information content (AvgIpc) is 3.50. The minimum atomic E-state index is -0.526. The summed E-state index contributed by atoms with van der Waals surface area (Å²) in [5, 5.41) is 19.8. The minimum Gasteiger partial charge on any atom is -0.497 e. The van der Waals surface area contributed by atoms with Crippen LogP contribution in [-0.4, -0.2) is 67.8 Å². The maximum Gasteiger partial charge on any atom is 0.293 e. The number of likely N-dealkylation sites (tertiary alicyclic amines) is 1. The van der Waals surface area contributed by atoms with Crippen LogP contribution >= 0.6 is 0 Å². The molecule has 0 saturated carbocycles. The van der Waals surface area contributed by atoms with Crippen LogP contribution in [-0.2, 0) is 13.0 Å². The van der Waals surface area contributed by atoms with Crippen LogP contribution in [0.4, 0.5) is 5.82 Å². The van der Waals surface area contributed by atoms with Crippen LogP contribution in [0.3, 0.4) is 0 Å². The van der Waals surface area contributed by atoms with E-state index < -0.39 is 5.91 Å². The second-order valence-electron chi connectivity index (χ2n) is 9.42. The first-order valence-electron chi connectivity index (χ1n) is 12.2. The number of aromatic nitrogens is 5. The zero-order chi connectivity index (χ0) is 25.9. The monoisotopic (exact) mass is 507 g/mol. The van der Waals surface area contributed by atoms with Gasteiger partial charge >= 0.3 is 0 Å². The molecule has 0 bridgehead atoms. The lowest BCUT2D eigenvalue weighted by Crippen LogP contribution is -2.38. The lowest BCUT2D eigenvalue weighted by Gasteiger charge is -2.33. The Morgan fingerprint density at radius 3 is 2.95 bits per heavy atom. The van der Waals surface area contributed by atoms with Gasteiger partial charge < -0.3 is 10.5 Å². The van der Waals surface area contributed by atoms with Crippen LogP contribution in [0.25, 0.3) is 5.82 Å². The number of carbonyl (C=O) groups excluding carboxylic acids is 2. The van der Waals surface area contributed by atoms with Crippen LogP contribution in [0, 0.1) is 5.92 Å². The molecule has 2 aromatic heterocycles. The molecule has 0 unspecified atom stereocenters. The second kappa shape index (κ2) is 10.5. The van der Waals surface area contributed by atoms with Gasteiger partial charge in [0.2, 0.25) is 11.6 Å². The van der Waals surface area contributed by atoms with Crippen molar-refractivity contribution in [2.75, 3.05) is 19.4 Å².